The first-order valence-corrected chi connectivity index (χ1v) is 15.1. The predicted molar refractivity (Wildman–Crippen MR) is 182 cm³/mol. The monoisotopic (exact) mass is 582 g/mol. The van der Waals surface area contributed by atoms with Crippen LogP contribution in [0.5, 0.6) is 11.5 Å². The maximum atomic E-state index is 6.66. The lowest BCUT2D eigenvalue weighted by atomic mass is 9.54. The molecule has 9 rings (SSSR count). The summed E-state index contributed by atoms with van der Waals surface area (Å²) in [6, 6.07) is 47.8. The zero-order valence-electron chi connectivity index (χ0n) is 24.3. The van der Waals surface area contributed by atoms with Crippen molar-refractivity contribution < 1.29 is 9.39 Å². The Bertz CT molecular complexity index is 2220. The van der Waals surface area contributed by atoms with Gasteiger partial charge in [0, 0.05) is 40.5 Å². The third kappa shape index (κ3) is 4.32. The number of anilines is 2. The third-order valence-corrected chi connectivity index (χ3v) is 8.59. The topological polar surface area (TPSA) is 42.8 Å². The number of fused-ring (bicyclic) bond motifs is 6. The van der Waals surface area contributed by atoms with E-state index in [1.807, 2.05) is 48.7 Å². The van der Waals surface area contributed by atoms with Gasteiger partial charge in [0.15, 0.2) is 5.88 Å². The highest BCUT2D eigenvalue weighted by atomic mass is 16.5. The number of pyridine rings is 1. The Morgan fingerprint density at radius 1 is 0.667 bits per heavy atom. The first-order chi connectivity index (χ1) is 22.3. The molecule has 0 aliphatic carbocycles. The minimum Gasteiger partial charge on any atom is -0.538 e. The molecule has 0 fully saturated rings. The predicted octanol–water partition coefficient (Wildman–Crippen LogP) is 7.19. The Morgan fingerprint density at radius 2 is 1.40 bits per heavy atom. The molecule has 0 bridgehead atoms. The van der Waals surface area contributed by atoms with Gasteiger partial charge >= 0.3 is 6.92 Å². The van der Waals surface area contributed by atoms with Crippen LogP contribution in [-0.4, -0.2) is 23.1 Å². The lowest BCUT2D eigenvalue weighted by Crippen LogP contribution is -2.52. The van der Waals surface area contributed by atoms with E-state index in [4.69, 9.17) is 9.39 Å². The Kier molecular flexibility index (Phi) is 5.87. The Balaban J connectivity index is 1.12. The maximum absolute atomic E-state index is 6.66. The number of nitrogens with zero attached hydrogens (tertiary/aromatic N) is 4. The van der Waals surface area contributed by atoms with Crippen LogP contribution in [0.15, 0.2) is 158 Å². The van der Waals surface area contributed by atoms with Crippen LogP contribution < -0.4 is 25.5 Å². The van der Waals surface area contributed by atoms with Gasteiger partial charge in [-0.1, -0.05) is 78.9 Å². The summed E-state index contributed by atoms with van der Waals surface area (Å²) in [6.07, 6.45) is 3.92. The second kappa shape index (κ2) is 10.3. The molecule has 2 aliphatic rings. The van der Waals surface area contributed by atoms with Crippen LogP contribution in [0.1, 0.15) is 0 Å². The summed E-state index contributed by atoms with van der Waals surface area (Å²) in [4.78, 5) is 9.10. The van der Waals surface area contributed by atoms with Gasteiger partial charge in [-0.15, -0.1) is 0 Å². The van der Waals surface area contributed by atoms with Crippen LogP contribution in [0, 0.1) is 0 Å². The molecule has 214 valence electrons. The van der Waals surface area contributed by atoms with Crippen molar-refractivity contribution >= 4 is 51.0 Å². The van der Waals surface area contributed by atoms with Crippen molar-refractivity contribution in [2.75, 3.05) is 16.5 Å². The molecule has 0 amide bonds. The minimum absolute atomic E-state index is 0.223. The fourth-order valence-corrected chi connectivity index (χ4v) is 6.52. The van der Waals surface area contributed by atoms with Gasteiger partial charge in [0.2, 0.25) is 0 Å². The number of aromatic nitrogens is 2. The van der Waals surface area contributed by atoms with Crippen molar-refractivity contribution in [3.63, 3.8) is 0 Å². The van der Waals surface area contributed by atoms with Crippen molar-refractivity contribution in [3.05, 3.63) is 158 Å². The van der Waals surface area contributed by atoms with Crippen LogP contribution in [0.4, 0.5) is 11.4 Å². The normalized spacial score (nSPS) is 13.9. The molecule has 0 saturated heterocycles. The van der Waals surface area contributed by atoms with E-state index in [-0.39, 0.29) is 6.92 Å². The highest BCUT2D eigenvalue weighted by Crippen LogP contribution is 2.37. The SMILES string of the molecule is C1=C2OB(c3ccccc3)c3ccc(Oc4ccc5c6ccccc6n(-c6ccccn6)c5c4)cc3N2CN1c1ccccc1. The number of ether oxygens (including phenoxy) is 1. The van der Waals surface area contributed by atoms with Crippen LogP contribution in [0.2, 0.25) is 0 Å². The molecule has 7 heteroatoms. The van der Waals surface area contributed by atoms with Crippen LogP contribution in [-0.2, 0) is 4.65 Å². The van der Waals surface area contributed by atoms with Gasteiger partial charge in [0.05, 0.1) is 17.2 Å². The number of hydrogen-bond donors (Lipinski definition) is 0. The average Bonchev–Trinajstić information content (AvgIpc) is 3.69. The summed E-state index contributed by atoms with van der Waals surface area (Å²) in [5.41, 5.74) is 6.56. The largest absolute Gasteiger partial charge is 0.538 e. The van der Waals surface area contributed by atoms with E-state index >= 15 is 0 Å². The van der Waals surface area contributed by atoms with Gasteiger partial charge in [0.25, 0.3) is 0 Å². The molecular weight excluding hydrogens is 555 g/mol. The molecule has 2 aromatic heterocycles. The first kappa shape index (κ1) is 25.5. The quantitative estimate of drug-likeness (QED) is 0.201. The first-order valence-electron chi connectivity index (χ1n) is 15.1. The number of benzene rings is 5. The van der Waals surface area contributed by atoms with E-state index in [1.165, 1.54) is 5.39 Å². The van der Waals surface area contributed by atoms with Crippen LogP contribution in [0.25, 0.3) is 27.6 Å². The van der Waals surface area contributed by atoms with Crippen molar-refractivity contribution in [2.24, 2.45) is 0 Å². The van der Waals surface area contributed by atoms with E-state index in [2.05, 4.69) is 123 Å². The summed E-state index contributed by atoms with van der Waals surface area (Å²) < 4.78 is 15.5. The highest BCUT2D eigenvalue weighted by Gasteiger charge is 2.39. The lowest BCUT2D eigenvalue weighted by molar-refractivity contribution is 0.430. The Hall–Kier alpha value is -5.95. The number of hydrogen-bond acceptors (Lipinski definition) is 5. The van der Waals surface area contributed by atoms with Gasteiger partial charge in [0.1, 0.15) is 24.0 Å². The smallest absolute Gasteiger partial charge is 0.430 e. The van der Waals surface area contributed by atoms with Gasteiger partial charge in [-0.25, -0.2) is 4.98 Å². The molecular formula is C38H27BN4O2. The Morgan fingerprint density at radius 3 is 2.24 bits per heavy atom. The van der Waals surface area contributed by atoms with Crippen molar-refractivity contribution in [1.82, 2.24) is 9.55 Å². The zero-order valence-corrected chi connectivity index (χ0v) is 24.3. The van der Waals surface area contributed by atoms with E-state index in [1.54, 1.807) is 0 Å². The van der Waals surface area contributed by atoms with Gasteiger partial charge in [-0.3, -0.25) is 9.47 Å². The number of para-hydroxylation sites is 2. The van der Waals surface area contributed by atoms with Crippen molar-refractivity contribution in [3.8, 4) is 17.3 Å². The molecule has 7 aromatic rings. The van der Waals surface area contributed by atoms with Crippen molar-refractivity contribution in [1.29, 1.82) is 0 Å². The fraction of sp³-hybridized carbons (Fsp3) is 0.0263. The molecule has 0 saturated carbocycles. The maximum Gasteiger partial charge on any atom is 0.430 e. The summed E-state index contributed by atoms with van der Waals surface area (Å²) in [5, 5.41) is 2.34. The molecule has 0 spiro atoms. The molecule has 0 radical (unpaired) electrons. The van der Waals surface area contributed by atoms with E-state index in [9.17, 15) is 0 Å². The second-order valence-electron chi connectivity index (χ2n) is 11.3. The summed E-state index contributed by atoms with van der Waals surface area (Å²) in [5.74, 6) is 3.22. The number of rotatable bonds is 5. The molecule has 6 nitrogen and oxygen atoms in total. The second-order valence-corrected chi connectivity index (χ2v) is 11.3. The van der Waals surface area contributed by atoms with E-state index < -0.39 is 0 Å². The lowest BCUT2D eigenvalue weighted by Gasteiger charge is -2.34. The van der Waals surface area contributed by atoms with Gasteiger partial charge < -0.3 is 14.3 Å². The van der Waals surface area contributed by atoms with Crippen molar-refractivity contribution in [2.45, 2.75) is 0 Å². The van der Waals surface area contributed by atoms with Crippen LogP contribution in [0.3, 0.4) is 0 Å². The van der Waals surface area contributed by atoms with Gasteiger partial charge in [-0.2, -0.15) is 0 Å². The molecule has 0 N–H and O–H groups in total. The van der Waals surface area contributed by atoms with Gasteiger partial charge in [-0.05, 0) is 59.5 Å². The molecule has 0 unspecified atom stereocenters. The standard InChI is InChI=1S/C38H27BN4O2/c1-3-11-27(12-4-1)39-33-21-19-30(24-36(33)42-26-41(25-38(42)45-39)28-13-5-2-6-14-28)44-29-18-20-32-31-15-7-8-16-34(31)43(35(32)23-29)37-17-9-10-22-40-37/h1-25H,26H2. The Labute approximate surface area is 261 Å². The molecule has 2 aliphatic heterocycles. The molecule has 4 heterocycles. The molecule has 0 atom stereocenters. The highest BCUT2D eigenvalue weighted by molar-refractivity contribution is 6.81. The zero-order chi connectivity index (χ0) is 29.7. The fourth-order valence-electron chi connectivity index (χ4n) is 6.52. The third-order valence-electron chi connectivity index (χ3n) is 8.59. The van der Waals surface area contributed by atoms with E-state index in [0.717, 1.165) is 61.9 Å². The minimum atomic E-state index is -0.223. The summed E-state index contributed by atoms with van der Waals surface area (Å²) in [6.45, 7) is 0.423. The summed E-state index contributed by atoms with van der Waals surface area (Å²) in [7, 11) is 0. The molecule has 5 aromatic carbocycles. The summed E-state index contributed by atoms with van der Waals surface area (Å²) >= 11 is 0. The molecule has 45 heavy (non-hydrogen) atoms. The van der Waals surface area contributed by atoms with E-state index in [0.29, 0.717) is 6.67 Å². The average molecular weight is 582 g/mol. The van der Waals surface area contributed by atoms with Crippen LogP contribution >= 0.6 is 0 Å².